The van der Waals surface area contributed by atoms with E-state index in [4.69, 9.17) is 41.2 Å². The fourth-order valence-electron chi connectivity index (χ4n) is 2.05. The Kier molecular flexibility index (Phi) is 5.87. The number of anilines is 1. The topological polar surface area (TPSA) is 60.9 Å². The van der Waals surface area contributed by atoms with Crippen LogP contribution in [0.2, 0.25) is 10.0 Å². The number of benzene rings is 1. The predicted molar refractivity (Wildman–Crippen MR) is 92.8 cm³/mol. The molecular weight excluding hydrogens is 463 g/mol. The zero-order chi connectivity index (χ0) is 20.9. The number of nitrogen functional groups attached to an aromatic ring is 1. The van der Waals surface area contributed by atoms with Crippen LogP contribution in [0.5, 0.6) is 0 Å². The Morgan fingerprint density at radius 2 is 1.67 bits per heavy atom. The van der Waals surface area contributed by atoms with E-state index in [2.05, 4.69) is 5.10 Å². The van der Waals surface area contributed by atoms with E-state index in [0.29, 0.717) is 16.8 Å². The lowest BCUT2D eigenvalue weighted by Crippen LogP contribution is -2.19. The van der Waals surface area contributed by atoms with Crippen LogP contribution in [0, 0.1) is 0 Å². The Morgan fingerprint density at radius 3 is 2.04 bits per heavy atom. The van der Waals surface area contributed by atoms with Gasteiger partial charge in [0.25, 0.3) is 0 Å². The van der Waals surface area contributed by atoms with Crippen molar-refractivity contribution in [1.82, 2.24) is 9.78 Å². The summed E-state index contributed by atoms with van der Waals surface area (Å²) in [6.07, 6.45) is -4.76. The summed E-state index contributed by atoms with van der Waals surface area (Å²) in [5.41, 5.74) is -1.63. The van der Waals surface area contributed by atoms with E-state index in [1.54, 1.807) is 0 Å². The zero-order valence-corrected chi connectivity index (χ0v) is 16.0. The molecule has 0 aliphatic rings. The summed E-state index contributed by atoms with van der Waals surface area (Å²) in [5.74, 6) is -0.770. The monoisotopic (exact) mass is 469 g/mol. The number of halogens is 8. The minimum atomic E-state index is -5.17. The number of hydrogen-bond acceptors (Lipinski definition) is 4. The van der Waals surface area contributed by atoms with Crippen molar-refractivity contribution in [3.63, 3.8) is 0 Å². The summed E-state index contributed by atoms with van der Waals surface area (Å²) < 4.78 is 89.5. The van der Waals surface area contributed by atoms with Gasteiger partial charge in [0.05, 0.1) is 15.6 Å². The van der Waals surface area contributed by atoms with Gasteiger partial charge in [-0.3, -0.25) is 0 Å². The molecule has 27 heavy (non-hydrogen) atoms. The SMILES string of the molecule is CC(=S)c1nn(-c2c(Cl)cc(C(F)(F)F)cc2Cl)c(N)c1S(=O)C(F)(F)F. The first-order valence-electron chi connectivity index (χ1n) is 6.61. The number of hydrogen-bond donors (Lipinski definition) is 1. The van der Waals surface area contributed by atoms with Gasteiger partial charge in [-0.25, -0.2) is 8.89 Å². The smallest absolute Gasteiger partial charge is 0.383 e. The molecule has 4 nitrogen and oxygen atoms in total. The van der Waals surface area contributed by atoms with Gasteiger partial charge >= 0.3 is 11.7 Å². The van der Waals surface area contributed by atoms with Crippen molar-refractivity contribution < 1.29 is 30.6 Å². The summed E-state index contributed by atoms with van der Waals surface area (Å²) in [6, 6.07) is 1.02. The molecule has 1 heterocycles. The van der Waals surface area contributed by atoms with Crippen molar-refractivity contribution in [2.75, 3.05) is 5.73 Å². The molecule has 2 aromatic rings. The van der Waals surface area contributed by atoms with Crippen LogP contribution >= 0.6 is 35.4 Å². The second-order valence-electron chi connectivity index (χ2n) is 5.03. The highest BCUT2D eigenvalue weighted by Gasteiger charge is 2.43. The molecule has 14 heteroatoms. The molecule has 0 aliphatic carbocycles. The second-order valence-corrected chi connectivity index (χ2v) is 7.87. The van der Waals surface area contributed by atoms with Crippen molar-refractivity contribution in [3.05, 3.63) is 33.4 Å². The summed E-state index contributed by atoms with van der Waals surface area (Å²) >= 11 is 16.5. The van der Waals surface area contributed by atoms with E-state index in [-0.39, 0.29) is 4.86 Å². The first-order valence-corrected chi connectivity index (χ1v) is 8.92. The Balaban J connectivity index is 2.79. The number of nitrogens with zero attached hydrogens (tertiary/aromatic N) is 2. The Bertz CT molecular complexity index is 932. The first-order chi connectivity index (χ1) is 12.2. The summed E-state index contributed by atoms with van der Waals surface area (Å²) in [4.78, 5) is -1.10. The zero-order valence-electron chi connectivity index (χ0n) is 12.9. The predicted octanol–water partition coefficient (Wildman–Crippen LogP) is 5.15. The van der Waals surface area contributed by atoms with E-state index in [0.717, 1.165) is 0 Å². The van der Waals surface area contributed by atoms with Crippen LogP contribution in [-0.2, 0) is 17.0 Å². The minimum absolute atomic E-state index is 0.174. The number of thiocarbonyl (C=S) groups is 1. The van der Waals surface area contributed by atoms with Crippen molar-refractivity contribution in [2.45, 2.75) is 23.5 Å². The van der Waals surface area contributed by atoms with E-state index in [1.165, 1.54) is 6.92 Å². The third-order valence-corrected chi connectivity index (χ3v) is 5.12. The molecule has 0 bridgehead atoms. The van der Waals surface area contributed by atoms with Crippen molar-refractivity contribution in [2.24, 2.45) is 0 Å². The largest absolute Gasteiger partial charge is 0.476 e. The summed E-state index contributed by atoms with van der Waals surface area (Å²) in [5, 5.41) is 2.57. The van der Waals surface area contributed by atoms with E-state index < -0.39 is 60.2 Å². The first kappa shape index (κ1) is 21.9. The third-order valence-electron chi connectivity index (χ3n) is 3.16. The number of aromatic nitrogens is 2. The van der Waals surface area contributed by atoms with E-state index in [9.17, 15) is 30.6 Å². The lowest BCUT2D eigenvalue weighted by Gasteiger charge is -2.13. The molecule has 0 radical (unpaired) electrons. The normalized spacial score (nSPS) is 13.7. The molecule has 0 saturated heterocycles. The number of alkyl halides is 6. The van der Waals surface area contributed by atoms with Gasteiger partial charge in [-0.1, -0.05) is 35.4 Å². The van der Waals surface area contributed by atoms with E-state index in [1.807, 2.05) is 0 Å². The average Bonchev–Trinajstić information content (AvgIpc) is 2.81. The van der Waals surface area contributed by atoms with Crippen molar-refractivity contribution in [3.8, 4) is 5.69 Å². The molecule has 0 fully saturated rings. The van der Waals surface area contributed by atoms with E-state index >= 15 is 0 Å². The average molecular weight is 470 g/mol. The molecule has 148 valence electrons. The van der Waals surface area contributed by atoms with Crippen LogP contribution in [0.15, 0.2) is 17.0 Å². The van der Waals surface area contributed by atoms with Gasteiger partial charge in [-0.15, -0.1) is 0 Å². The quantitative estimate of drug-likeness (QED) is 0.383. The van der Waals surface area contributed by atoms with Gasteiger partial charge < -0.3 is 5.73 Å². The van der Waals surface area contributed by atoms with Crippen LogP contribution in [-0.4, -0.2) is 24.4 Å². The molecule has 0 amide bonds. The van der Waals surface area contributed by atoms with Crippen LogP contribution in [0.4, 0.5) is 32.2 Å². The molecule has 1 atom stereocenters. The van der Waals surface area contributed by atoms with Crippen molar-refractivity contribution in [1.29, 1.82) is 0 Å². The fraction of sp³-hybridized carbons (Fsp3) is 0.231. The van der Waals surface area contributed by atoms with Gasteiger partial charge in [0.15, 0.2) is 10.8 Å². The molecule has 2 N–H and O–H groups in total. The van der Waals surface area contributed by atoms with Crippen LogP contribution in [0.3, 0.4) is 0 Å². The van der Waals surface area contributed by atoms with Gasteiger partial charge in [-0.2, -0.15) is 31.4 Å². The molecule has 1 aromatic carbocycles. The summed E-state index contributed by atoms with van der Waals surface area (Å²) in [7, 11) is -3.59. The van der Waals surface area contributed by atoms with Crippen molar-refractivity contribution >= 4 is 56.9 Å². The minimum Gasteiger partial charge on any atom is -0.383 e. The molecule has 1 unspecified atom stereocenters. The van der Waals surface area contributed by atoms with Gasteiger partial charge in [-0.05, 0) is 19.1 Å². The highest BCUT2D eigenvalue weighted by atomic mass is 35.5. The molecule has 0 spiro atoms. The van der Waals surface area contributed by atoms with Crippen LogP contribution in [0.1, 0.15) is 18.2 Å². The Hall–Kier alpha value is -1.37. The highest BCUT2D eigenvalue weighted by Crippen LogP contribution is 2.40. The summed E-state index contributed by atoms with van der Waals surface area (Å²) in [6.45, 7) is 1.22. The maximum atomic E-state index is 12.9. The highest BCUT2D eigenvalue weighted by molar-refractivity contribution is 7.86. The van der Waals surface area contributed by atoms with Gasteiger partial charge in [0.2, 0.25) is 0 Å². The molecular formula is C13H7Cl2F6N3OS2. The standard InChI is InChI=1S/C13H7Cl2F6N3OS2/c1-4(26)8-10(27(25)13(19,20)21)11(22)24(23-8)9-6(14)2-5(3-7(9)15)12(16,17)18/h2-3H,22H2,1H3. The fourth-order valence-corrected chi connectivity index (χ4v) is 3.78. The molecule has 0 saturated carbocycles. The maximum absolute atomic E-state index is 12.9. The van der Waals surface area contributed by atoms with Gasteiger partial charge in [0, 0.05) is 4.86 Å². The Labute approximate surface area is 165 Å². The molecule has 1 aromatic heterocycles. The molecule has 0 aliphatic heterocycles. The molecule has 2 rings (SSSR count). The lowest BCUT2D eigenvalue weighted by atomic mass is 10.2. The Morgan fingerprint density at radius 1 is 1.19 bits per heavy atom. The van der Waals surface area contributed by atoms with Gasteiger partial charge in [0.1, 0.15) is 22.1 Å². The van der Waals surface area contributed by atoms with Crippen LogP contribution < -0.4 is 5.73 Å². The maximum Gasteiger partial charge on any atom is 0.476 e. The van der Waals surface area contributed by atoms with Crippen LogP contribution in [0.25, 0.3) is 5.69 Å². The number of rotatable bonds is 3. The third kappa shape index (κ3) is 4.23. The number of nitrogens with two attached hydrogens (primary N) is 1. The second kappa shape index (κ2) is 7.22. The lowest BCUT2D eigenvalue weighted by molar-refractivity contribution is -0.137.